The highest BCUT2D eigenvalue weighted by molar-refractivity contribution is 7.13. The Balaban J connectivity index is 0.000000423. The lowest BCUT2D eigenvalue weighted by atomic mass is 10.2. The third kappa shape index (κ3) is 7.37. The molecule has 0 N–H and O–H groups in total. The second-order valence-corrected chi connectivity index (χ2v) is 4.98. The van der Waals surface area contributed by atoms with Gasteiger partial charge in [0.2, 0.25) is 0 Å². The molecule has 0 saturated carbocycles. The number of rotatable bonds is 4. The quantitative estimate of drug-likeness (QED) is 0.773. The summed E-state index contributed by atoms with van der Waals surface area (Å²) < 4.78 is 0. The van der Waals surface area contributed by atoms with Gasteiger partial charge in [-0.05, 0) is 5.92 Å². The molecule has 0 bridgehead atoms. The molecule has 0 amide bonds. The van der Waals surface area contributed by atoms with Gasteiger partial charge in [0.15, 0.2) is 0 Å². The Labute approximate surface area is 98.3 Å². The van der Waals surface area contributed by atoms with E-state index in [1.165, 1.54) is 17.8 Å². The van der Waals surface area contributed by atoms with E-state index in [4.69, 9.17) is 0 Å². The molecule has 0 radical (unpaired) electrons. The molecule has 88 valence electrons. The van der Waals surface area contributed by atoms with E-state index in [9.17, 15) is 0 Å². The number of thiazole rings is 1. The smallest absolute Gasteiger partial charge is 0.111 e. The summed E-state index contributed by atoms with van der Waals surface area (Å²) in [5, 5.41) is 1.25. The zero-order valence-electron chi connectivity index (χ0n) is 10.7. The van der Waals surface area contributed by atoms with Crippen molar-refractivity contribution in [3.05, 3.63) is 11.7 Å². The van der Waals surface area contributed by atoms with E-state index in [2.05, 4.69) is 44.6 Å². The van der Waals surface area contributed by atoms with Crippen LogP contribution in [0.2, 0.25) is 0 Å². The van der Waals surface area contributed by atoms with Crippen molar-refractivity contribution in [3.8, 4) is 0 Å². The number of aromatic nitrogens is 1. The minimum atomic E-state index is 0.710. The van der Waals surface area contributed by atoms with E-state index in [0.29, 0.717) is 5.92 Å². The average molecular weight is 228 g/mol. The SMILES string of the molecule is CC(C)CN(C)c1cncs1.CCCC. The van der Waals surface area contributed by atoms with Crippen LogP contribution in [0.1, 0.15) is 40.5 Å². The van der Waals surface area contributed by atoms with Gasteiger partial charge in [-0.1, -0.05) is 40.5 Å². The Hall–Kier alpha value is -0.570. The highest BCUT2D eigenvalue weighted by Crippen LogP contribution is 2.17. The van der Waals surface area contributed by atoms with Crippen molar-refractivity contribution in [3.63, 3.8) is 0 Å². The predicted octanol–water partition coefficient (Wildman–Crippen LogP) is 4.04. The second kappa shape index (κ2) is 8.72. The van der Waals surface area contributed by atoms with Crippen molar-refractivity contribution >= 4 is 16.3 Å². The summed E-state index contributed by atoms with van der Waals surface area (Å²) >= 11 is 1.69. The lowest BCUT2D eigenvalue weighted by Gasteiger charge is -2.18. The fourth-order valence-electron chi connectivity index (χ4n) is 1.04. The first-order valence-electron chi connectivity index (χ1n) is 5.71. The zero-order valence-corrected chi connectivity index (χ0v) is 11.5. The Morgan fingerprint density at radius 1 is 1.33 bits per heavy atom. The molecule has 0 saturated heterocycles. The van der Waals surface area contributed by atoms with Crippen LogP contribution < -0.4 is 4.90 Å². The second-order valence-electron chi connectivity index (χ2n) is 4.11. The zero-order chi connectivity index (χ0) is 11.7. The van der Waals surface area contributed by atoms with Gasteiger partial charge in [0.1, 0.15) is 5.00 Å². The van der Waals surface area contributed by atoms with E-state index in [1.54, 1.807) is 11.3 Å². The number of nitrogens with zero attached hydrogens (tertiary/aromatic N) is 2. The van der Waals surface area contributed by atoms with Crippen molar-refractivity contribution in [2.75, 3.05) is 18.5 Å². The number of hydrogen-bond acceptors (Lipinski definition) is 3. The standard InChI is InChI=1S/C8H14N2S.C4H10/c1-7(2)5-10(3)8-4-9-6-11-8;1-3-4-2/h4,6-7H,5H2,1-3H3;3-4H2,1-2H3. The van der Waals surface area contributed by atoms with Crippen LogP contribution in [0.3, 0.4) is 0 Å². The Morgan fingerprint density at radius 3 is 2.27 bits per heavy atom. The molecule has 0 aliphatic rings. The first-order valence-corrected chi connectivity index (χ1v) is 6.59. The van der Waals surface area contributed by atoms with Crippen LogP contribution in [0.5, 0.6) is 0 Å². The van der Waals surface area contributed by atoms with Crippen molar-refractivity contribution in [1.82, 2.24) is 4.98 Å². The van der Waals surface area contributed by atoms with Crippen LogP contribution in [0.15, 0.2) is 11.7 Å². The minimum Gasteiger partial charge on any atom is -0.365 e. The molecule has 15 heavy (non-hydrogen) atoms. The summed E-state index contributed by atoms with van der Waals surface area (Å²) in [6.45, 7) is 9.90. The fraction of sp³-hybridized carbons (Fsp3) is 0.750. The molecule has 2 nitrogen and oxygen atoms in total. The maximum Gasteiger partial charge on any atom is 0.111 e. The highest BCUT2D eigenvalue weighted by atomic mass is 32.1. The molecular weight excluding hydrogens is 204 g/mol. The van der Waals surface area contributed by atoms with Gasteiger partial charge in [0.05, 0.1) is 11.7 Å². The monoisotopic (exact) mass is 228 g/mol. The average Bonchev–Trinajstić information content (AvgIpc) is 2.70. The van der Waals surface area contributed by atoms with Gasteiger partial charge >= 0.3 is 0 Å². The van der Waals surface area contributed by atoms with Gasteiger partial charge < -0.3 is 4.90 Å². The van der Waals surface area contributed by atoms with Gasteiger partial charge in [-0.3, -0.25) is 4.98 Å². The van der Waals surface area contributed by atoms with Crippen LogP contribution in [-0.2, 0) is 0 Å². The first kappa shape index (κ1) is 14.4. The Bertz CT molecular complexity index is 218. The maximum absolute atomic E-state index is 4.03. The summed E-state index contributed by atoms with van der Waals surface area (Å²) in [5.74, 6) is 0.710. The number of anilines is 1. The molecule has 0 atom stereocenters. The van der Waals surface area contributed by atoms with Crippen LogP contribution in [-0.4, -0.2) is 18.6 Å². The minimum absolute atomic E-state index is 0.710. The third-order valence-electron chi connectivity index (χ3n) is 1.93. The summed E-state index contributed by atoms with van der Waals surface area (Å²) in [6, 6.07) is 0. The molecule has 1 rings (SSSR count). The molecule has 0 spiro atoms. The third-order valence-corrected chi connectivity index (χ3v) is 2.82. The lowest BCUT2D eigenvalue weighted by Crippen LogP contribution is -2.21. The molecule has 0 unspecified atom stereocenters. The fourth-order valence-corrected chi connectivity index (χ4v) is 1.64. The van der Waals surface area contributed by atoms with Crippen molar-refractivity contribution in [2.24, 2.45) is 5.92 Å². The van der Waals surface area contributed by atoms with Gasteiger partial charge in [-0.15, -0.1) is 11.3 Å². The van der Waals surface area contributed by atoms with Crippen LogP contribution in [0.4, 0.5) is 5.00 Å². The number of unbranched alkanes of at least 4 members (excludes halogenated alkanes) is 1. The van der Waals surface area contributed by atoms with E-state index in [0.717, 1.165) is 6.54 Å². The molecule has 1 heterocycles. The summed E-state index contributed by atoms with van der Waals surface area (Å²) in [4.78, 5) is 6.27. The largest absolute Gasteiger partial charge is 0.365 e. The van der Waals surface area contributed by atoms with Crippen molar-refractivity contribution in [1.29, 1.82) is 0 Å². The summed E-state index contributed by atoms with van der Waals surface area (Å²) in [6.07, 6.45) is 4.55. The van der Waals surface area contributed by atoms with E-state index >= 15 is 0 Å². The summed E-state index contributed by atoms with van der Waals surface area (Å²) in [5.41, 5.74) is 1.87. The van der Waals surface area contributed by atoms with Crippen LogP contribution in [0.25, 0.3) is 0 Å². The normalized spacial score (nSPS) is 9.73. The topological polar surface area (TPSA) is 16.1 Å². The summed E-state index contributed by atoms with van der Waals surface area (Å²) in [7, 11) is 2.10. The molecule has 0 aliphatic heterocycles. The molecule has 0 fully saturated rings. The van der Waals surface area contributed by atoms with Gasteiger partial charge in [0, 0.05) is 13.6 Å². The van der Waals surface area contributed by atoms with Crippen LogP contribution in [0, 0.1) is 5.92 Å². The molecule has 1 aromatic rings. The highest BCUT2D eigenvalue weighted by Gasteiger charge is 2.03. The first-order chi connectivity index (χ1) is 7.11. The van der Waals surface area contributed by atoms with E-state index < -0.39 is 0 Å². The number of hydrogen-bond donors (Lipinski definition) is 0. The maximum atomic E-state index is 4.03. The molecule has 0 aromatic carbocycles. The van der Waals surface area contributed by atoms with Gasteiger partial charge in [-0.2, -0.15) is 0 Å². The predicted molar refractivity (Wildman–Crippen MR) is 70.8 cm³/mol. The Kier molecular flexibility index (Phi) is 8.38. The molecule has 0 aliphatic carbocycles. The van der Waals surface area contributed by atoms with Crippen LogP contribution >= 0.6 is 11.3 Å². The molecule has 1 aromatic heterocycles. The van der Waals surface area contributed by atoms with E-state index in [-0.39, 0.29) is 0 Å². The van der Waals surface area contributed by atoms with E-state index in [1.807, 2.05) is 11.7 Å². The van der Waals surface area contributed by atoms with Gasteiger partial charge in [0.25, 0.3) is 0 Å². The molecular formula is C12H24N2S. The van der Waals surface area contributed by atoms with Crippen molar-refractivity contribution < 1.29 is 0 Å². The lowest BCUT2D eigenvalue weighted by molar-refractivity contribution is 0.640. The Morgan fingerprint density at radius 2 is 1.93 bits per heavy atom. The van der Waals surface area contributed by atoms with Crippen molar-refractivity contribution in [2.45, 2.75) is 40.5 Å². The molecule has 3 heteroatoms. The van der Waals surface area contributed by atoms with Gasteiger partial charge in [-0.25, -0.2) is 0 Å².